The first-order valence-corrected chi connectivity index (χ1v) is 7.69. The van der Waals surface area contributed by atoms with Crippen molar-refractivity contribution in [3.05, 3.63) is 35.4 Å². The van der Waals surface area contributed by atoms with Crippen LogP contribution in [0.3, 0.4) is 0 Å². The number of benzene rings is 1. The molecule has 19 heavy (non-hydrogen) atoms. The molecular weight excluding hydrogens is 234 g/mol. The van der Waals surface area contributed by atoms with E-state index in [0.717, 1.165) is 25.6 Å². The highest BCUT2D eigenvalue weighted by molar-refractivity contribution is 5.32. The van der Waals surface area contributed by atoms with E-state index in [2.05, 4.69) is 29.6 Å². The topological polar surface area (TPSA) is 21.3 Å². The molecule has 1 N–H and O–H groups in total. The Morgan fingerprint density at radius 3 is 3.00 bits per heavy atom. The Bertz CT molecular complexity index is 364. The van der Waals surface area contributed by atoms with Gasteiger partial charge >= 0.3 is 0 Å². The van der Waals surface area contributed by atoms with Gasteiger partial charge in [-0.05, 0) is 62.1 Å². The maximum absolute atomic E-state index is 5.06. The van der Waals surface area contributed by atoms with E-state index in [1.165, 1.54) is 38.5 Å². The molecule has 0 spiro atoms. The van der Waals surface area contributed by atoms with Crippen molar-refractivity contribution in [1.82, 2.24) is 5.32 Å². The number of fused-ring (bicyclic) bond motifs is 1. The van der Waals surface area contributed by atoms with Crippen molar-refractivity contribution in [3.63, 3.8) is 0 Å². The number of methoxy groups -OCH3 is 1. The summed E-state index contributed by atoms with van der Waals surface area (Å²) in [5.41, 5.74) is 3.15. The molecule has 1 aromatic rings. The van der Waals surface area contributed by atoms with E-state index in [0.29, 0.717) is 0 Å². The van der Waals surface area contributed by atoms with Crippen molar-refractivity contribution >= 4 is 0 Å². The van der Waals surface area contributed by atoms with Crippen LogP contribution in [0.15, 0.2) is 24.3 Å². The molecular formula is C17H27NO. The molecule has 2 rings (SSSR count). The minimum Gasteiger partial charge on any atom is -0.385 e. The van der Waals surface area contributed by atoms with Crippen LogP contribution in [0, 0.1) is 0 Å². The van der Waals surface area contributed by atoms with Crippen LogP contribution >= 0.6 is 0 Å². The summed E-state index contributed by atoms with van der Waals surface area (Å²) in [6, 6.07) is 8.97. The van der Waals surface area contributed by atoms with Crippen molar-refractivity contribution in [2.75, 3.05) is 26.8 Å². The molecule has 0 saturated carbocycles. The summed E-state index contributed by atoms with van der Waals surface area (Å²) in [5.74, 6) is 0.726. The second kappa shape index (κ2) is 8.34. The van der Waals surface area contributed by atoms with Gasteiger partial charge in [0.25, 0.3) is 0 Å². The summed E-state index contributed by atoms with van der Waals surface area (Å²) in [4.78, 5) is 0. The standard InChI is InChI=1S/C17H27NO/c1-19-13-6-2-5-12-18-14-16-10-7-9-15-8-3-4-11-17(15)16/h3-4,8,11,16,18H,2,5-7,9-10,12-14H2,1H3. The molecule has 0 amide bonds. The molecule has 0 heterocycles. The number of ether oxygens (including phenoxy) is 1. The van der Waals surface area contributed by atoms with Gasteiger partial charge in [0.1, 0.15) is 0 Å². The van der Waals surface area contributed by atoms with E-state index in [9.17, 15) is 0 Å². The van der Waals surface area contributed by atoms with Gasteiger partial charge in [-0.2, -0.15) is 0 Å². The maximum Gasteiger partial charge on any atom is 0.0462 e. The lowest BCUT2D eigenvalue weighted by Gasteiger charge is -2.25. The Morgan fingerprint density at radius 2 is 2.11 bits per heavy atom. The maximum atomic E-state index is 5.06. The van der Waals surface area contributed by atoms with Crippen LogP contribution in [0.4, 0.5) is 0 Å². The molecule has 2 heteroatoms. The number of rotatable bonds is 8. The number of hydrogen-bond acceptors (Lipinski definition) is 2. The van der Waals surface area contributed by atoms with Crippen molar-refractivity contribution < 1.29 is 4.74 Å². The number of hydrogen-bond donors (Lipinski definition) is 1. The van der Waals surface area contributed by atoms with Crippen LogP contribution in [-0.4, -0.2) is 26.8 Å². The van der Waals surface area contributed by atoms with Gasteiger partial charge in [-0.3, -0.25) is 0 Å². The number of aryl methyl sites for hydroxylation is 1. The minimum atomic E-state index is 0.726. The van der Waals surface area contributed by atoms with E-state index >= 15 is 0 Å². The van der Waals surface area contributed by atoms with Gasteiger partial charge < -0.3 is 10.1 Å². The van der Waals surface area contributed by atoms with Crippen molar-refractivity contribution in [2.24, 2.45) is 0 Å². The number of nitrogens with one attached hydrogen (secondary N) is 1. The highest BCUT2D eigenvalue weighted by atomic mass is 16.5. The van der Waals surface area contributed by atoms with Gasteiger partial charge in [0.05, 0.1) is 0 Å². The summed E-state index contributed by atoms with van der Waals surface area (Å²) in [6.07, 6.45) is 7.67. The van der Waals surface area contributed by atoms with Crippen molar-refractivity contribution in [1.29, 1.82) is 0 Å². The predicted molar refractivity (Wildman–Crippen MR) is 80.7 cm³/mol. The molecule has 1 unspecified atom stereocenters. The SMILES string of the molecule is COCCCCCNCC1CCCc2ccccc21. The highest BCUT2D eigenvalue weighted by Gasteiger charge is 2.18. The van der Waals surface area contributed by atoms with Gasteiger partial charge in [-0.15, -0.1) is 0 Å². The summed E-state index contributed by atoms with van der Waals surface area (Å²) in [5, 5.41) is 3.63. The summed E-state index contributed by atoms with van der Waals surface area (Å²) in [6.45, 7) is 3.18. The zero-order valence-electron chi connectivity index (χ0n) is 12.2. The third kappa shape index (κ3) is 4.63. The minimum absolute atomic E-state index is 0.726. The average Bonchev–Trinajstić information content (AvgIpc) is 2.46. The first-order chi connectivity index (χ1) is 9.42. The van der Waals surface area contributed by atoms with E-state index < -0.39 is 0 Å². The van der Waals surface area contributed by atoms with E-state index in [4.69, 9.17) is 4.74 Å². The molecule has 1 aliphatic carbocycles. The molecule has 0 fully saturated rings. The van der Waals surface area contributed by atoms with Crippen LogP contribution in [0.5, 0.6) is 0 Å². The first-order valence-electron chi connectivity index (χ1n) is 7.69. The fraction of sp³-hybridized carbons (Fsp3) is 0.647. The highest BCUT2D eigenvalue weighted by Crippen LogP contribution is 2.30. The molecule has 0 saturated heterocycles. The monoisotopic (exact) mass is 261 g/mol. The molecule has 0 bridgehead atoms. The van der Waals surface area contributed by atoms with E-state index in [1.807, 2.05) is 0 Å². The van der Waals surface area contributed by atoms with Crippen molar-refractivity contribution in [2.45, 2.75) is 44.4 Å². The second-order valence-corrected chi connectivity index (χ2v) is 5.55. The Labute approximate surface area is 117 Å². The third-order valence-corrected chi connectivity index (χ3v) is 4.09. The van der Waals surface area contributed by atoms with E-state index in [1.54, 1.807) is 18.2 Å². The molecule has 1 atom stereocenters. The van der Waals surface area contributed by atoms with Gasteiger partial charge in [-0.1, -0.05) is 24.3 Å². The molecule has 0 aliphatic heterocycles. The van der Waals surface area contributed by atoms with Gasteiger partial charge in [0, 0.05) is 20.3 Å². The molecule has 2 nitrogen and oxygen atoms in total. The van der Waals surface area contributed by atoms with Gasteiger partial charge in [0.15, 0.2) is 0 Å². The summed E-state index contributed by atoms with van der Waals surface area (Å²) in [7, 11) is 1.78. The van der Waals surface area contributed by atoms with Crippen LogP contribution < -0.4 is 5.32 Å². The van der Waals surface area contributed by atoms with Crippen LogP contribution in [-0.2, 0) is 11.2 Å². The fourth-order valence-corrected chi connectivity index (χ4v) is 3.02. The first kappa shape index (κ1) is 14.5. The van der Waals surface area contributed by atoms with E-state index in [-0.39, 0.29) is 0 Å². The zero-order valence-corrected chi connectivity index (χ0v) is 12.2. The zero-order chi connectivity index (χ0) is 13.3. The summed E-state index contributed by atoms with van der Waals surface area (Å²) < 4.78 is 5.06. The fourth-order valence-electron chi connectivity index (χ4n) is 3.02. The largest absolute Gasteiger partial charge is 0.385 e. The normalized spacial score (nSPS) is 18.3. The molecule has 1 aromatic carbocycles. The Balaban J connectivity index is 1.67. The molecule has 0 aromatic heterocycles. The third-order valence-electron chi connectivity index (χ3n) is 4.09. The molecule has 1 aliphatic rings. The lowest BCUT2D eigenvalue weighted by atomic mass is 9.83. The van der Waals surface area contributed by atoms with Crippen LogP contribution in [0.2, 0.25) is 0 Å². The molecule has 0 radical (unpaired) electrons. The Morgan fingerprint density at radius 1 is 1.21 bits per heavy atom. The lowest BCUT2D eigenvalue weighted by Crippen LogP contribution is -2.25. The Hall–Kier alpha value is -0.860. The Kier molecular flexibility index (Phi) is 6.38. The van der Waals surface area contributed by atoms with Gasteiger partial charge in [-0.25, -0.2) is 0 Å². The second-order valence-electron chi connectivity index (χ2n) is 5.55. The predicted octanol–water partition coefficient (Wildman–Crippen LogP) is 3.51. The smallest absolute Gasteiger partial charge is 0.0462 e. The lowest BCUT2D eigenvalue weighted by molar-refractivity contribution is 0.192. The number of unbranched alkanes of at least 4 members (excludes halogenated alkanes) is 2. The van der Waals surface area contributed by atoms with Crippen LogP contribution in [0.1, 0.15) is 49.1 Å². The van der Waals surface area contributed by atoms with Gasteiger partial charge in [0.2, 0.25) is 0 Å². The quantitative estimate of drug-likeness (QED) is 0.723. The van der Waals surface area contributed by atoms with Crippen LogP contribution in [0.25, 0.3) is 0 Å². The van der Waals surface area contributed by atoms with Crippen molar-refractivity contribution in [3.8, 4) is 0 Å². The summed E-state index contributed by atoms with van der Waals surface area (Å²) >= 11 is 0. The average molecular weight is 261 g/mol. The molecule has 106 valence electrons.